The van der Waals surface area contributed by atoms with E-state index < -0.39 is 0 Å². The third-order valence-corrected chi connectivity index (χ3v) is 4.51. The number of nitrogens with zero attached hydrogens (tertiary/aromatic N) is 1. The van der Waals surface area contributed by atoms with Crippen molar-refractivity contribution in [1.82, 2.24) is 4.98 Å². The molecule has 3 aromatic rings. The van der Waals surface area contributed by atoms with Crippen LogP contribution in [0.2, 0.25) is 0 Å². The summed E-state index contributed by atoms with van der Waals surface area (Å²) in [4.78, 5) is 16.0. The van der Waals surface area contributed by atoms with E-state index in [0.29, 0.717) is 6.61 Å². The van der Waals surface area contributed by atoms with Gasteiger partial charge >= 0.3 is 5.97 Å². The molecule has 0 aliphatic heterocycles. The lowest BCUT2D eigenvalue weighted by Gasteiger charge is -2.20. The average molecular weight is 363 g/mol. The van der Waals surface area contributed by atoms with Gasteiger partial charge in [-0.15, -0.1) is 0 Å². The van der Waals surface area contributed by atoms with Crippen LogP contribution in [0.3, 0.4) is 0 Å². The van der Waals surface area contributed by atoms with Gasteiger partial charge in [-0.2, -0.15) is 0 Å². The van der Waals surface area contributed by atoms with Crippen LogP contribution in [-0.2, 0) is 16.1 Å². The molecule has 0 saturated heterocycles. The van der Waals surface area contributed by atoms with E-state index in [2.05, 4.69) is 11.9 Å². The molecule has 1 unspecified atom stereocenters. The van der Waals surface area contributed by atoms with Gasteiger partial charge in [-0.05, 0) is 36.1 Å². The number of hydrogen-bond donors (Lipinski definition) is 0. The van der Waals surface area contributed by atoms with Crippen molar-refractivity contribution < 1.29 is 14.3 Å². The number of aromatic nitrogens is 1. The van der Waals surface area contributed by atoms with Gasteiger partial charge in [-0.3, -0.25) is 9.78 Å². The fourth-order valence-corrected chi connectivity index (χ4v) is 3.20. The van der Waals surface area contributed by atoms with Crippen LogP contribution in [0.4, 0.5) is 0 Å². The highest BCUT2D eigenvalue weighted by Gasteiger charge is 2.18. The molecule has 140 valence electrons. The minimum Gasteiger partial charge on any atom is -0.487 e. The predicted octanol–water partition coefficient (Wildman–Crippen LogP) is 5.61. The Morgan fingerprint density at radius 3 is 2.70 bits per heavy atom. The van der Waals surface area contributed by atoms with Crippen molar-refractivity contribution in [3.8, 4) is 5.75 Å². The van der Waals surface area contributed by atoms with Crippen molar-refractivity contribution in [2.75, 3.05) is 0 Å². The van der Waals surface area contributed by atoms with Crippen LogP contribution in [-0.4, -0.2) is 11.0 Å². The summed E-state index contributed by atoms with van der Waals surface area (Å²) < 4.78 is 11.7. The number of carbonyl (C=O) groups excluding carboxylic acids is 1. The maximum atomic E-state index is 11.6. The van der Waals surface area contributed by atoms with Crippen LogP contribution in [0.25, 0.3) is 10.9 Å². The molecular formula is C23H25NO3. The van der Waals surface area contributed by atoms with Gasteiger partial charge in [0.2, 0.25) is 0 Å². The van der Waals surface area contributed by atoms with E-state index in [1.807, 2.05) is 54.6 Å². The molecule has 0 aliphatic carbocycles. The van der Waals surface area contributed by atoms with Crippen LogP contribution in [0.15, 0.2) is 60.8 Å². The van der Waals surface area contributed by atoms with Crippen molar-refractivity contribution in [1.29, 1.82) is 0 Å². The molecule has 0 fully saturated rings. The normalized spacial score (nSPS) is 11.9. The summed E-state index contributed by atoms with van der Waals surface area (Å²) in [5, 5.41) is 1.05. The molecule has 0 aliphatic rings. The van der Waals surface area contributed by atoms with Crippen LogP contribution in [0.1, 0.15) is 50.3 Å². The van der Waals surface area contributed by atoms with Crippen LogP contribution in [0.5, 0.6) is 5.75 Å². The van der Waals surface area contributed by atoms with Gasteiger partial charge in [0.05, 0.1) is 0 Å². The van der Waals surface area contributed by atoms with Crippen molar-refractivity contribution in [2.45, 2.75) is 45.8 Å². The summed E-state index contributed by atoms with van der Waals surface area (Å²) in [7, 11) is 0. The molecular weight excluding hydrogens is 338 g/mol. The first-order chi connectivity index (χ1) is 13.2. The maximum absolute atomic E-state index is 11.6. The summed E-state index contributed by atoms with van der Waals surface area (Å²) in [6.07, 6.45) is 4.39. The molecule has 1 atom stereocenters. The molecule has 1 aromatic heterocycles. The van der Waals surface area contributed by atoms with Crippen molar-refractivity contribution >= 4 is 16.9 Å². The Kier molecular flexibility index (Phi) is 6.42. The number of ether oxygens (including phenoxy) is 2. The highest BCUT2D eigenvalue weighted by atomic mass is 16.5. The fraction of sp³-hybridized carbons (Fsp3) is 0.304. The number of benzene rings is 2. The van der Waals surface area contributed by atoms with Crippen molar-refractivity contribution in [2.24, 2.45) is 0 Å². The van der Waals surface area contributed by atoms with E-state index in [1.165, 1.54) is 6.92 Å². The zero-order chi connectivity index (χ0) is 19.1. The summed E-state index contributed by atoms with van der Waals surface area (Å²) in [6, 6.07) is 17.8. The summed E-state index contributed by atoms with van der Waals surface area (Å²) in [5.74, 6) is 0.491. The second-order valence-corrected chi connectivity index (χ2v) is 6.56. The van der Waals surface area contributed by atoms with E-state index >= 15 is 0 Å². The first kappa shape index (κ1) is 18.9. The minimum absolute atomic E-state index is 0.243. The number of para-hydroxylation sites is 1. The third-order valence-electron chi connectivity index (χ3n) is 4.51. The molecule has 4 heteroatoms. The number of pyridine rings is 1. The lowest BCUT2D eigenvalue weighted by atomic mass is 9.98. The lowest BCUT2D eigenvalue weighted by Crippen LogP contribution is -2.12. The van der Waals surface area contributed by atoms with Crippen LogP contribution >= 0.6 is 0 Å². The van der Waals surface area contributed by atoms with Gasteiger partial charge in [0.25, 0.3) is 0 Å². The largest absolute Gasteiger partial charge is 0.487 e. The second-order valence-electron chi connectivity index (χ2n) is 6.56. The van der Waals surface area contributed by atoms with Crippen molar-refractivity contribution in [3.05, 3.63) is 71.9 Å². The lowest BCUT2D eigenvalue weighted by molar-refractivity contribution is -0.147. The van der Waals surface area contributed by atoms with Crippen LogP contribution in [0, 0.1) is 0 Å². The molecule has 0 saturated carbocycles. The van der Waals surface area contributed by atoms with Crippen molar-refractivity contribution in [3.63, 3.8) is 0 Å². The number of rotatable bonds is 8. The second kappa shape index (κ2) is 9.17. The van der Waals surface area contributed by atoms with Gasteiger partial charge in [-0.1, -0.05) is 55.8 Å². The van der Waals surface area contributed by atoms with Gasteiger partial charge in [0.1, 0.15) is 24.0 Å². The quantitative estimate of drug-likeness (QED) is 0.488. The van der Waals surface area contributed by atoms with E-state index in [0.717, 1.165) is 47.0 Å². The summed E-state index contributed by atoms with van der Waals surface area (Å²) in [5.41, 5.74) is 2.88. The summed E-state index contributed by atoms with van der Waals surface area (Å²) >= 11 is 0. The molecule has 0 bridgehead atoms. The Bertz CT molecular complexity index is 902. The van der Waals surface area contributed by atoms with E-state index in [4.69, 9.17) is 9.47 Å². The molecule has 2 aromatic carbocycles. The van der Waals surface area contributed by atoms with E-state index in [1.54, 1.807) is 6.20 Å². The van der Waals surface area contributed by atoms with Gasteiger partial charge in [-0.25, -0.2) is 0 Å². The third kappa shape index (κ3) is 4.85. The highest BCUT2D eigenvalue weighted by Crippen LogP contribution is 2.29. The van der Waals surface area contributed by atoms with Gasteiger partial charge in [0.15, 0.2) is 0 Å². The topological polar surface area (TPSA) is 48.4 Å². The summed E-state index contributed by atoms with van der Waals surface area (Å²) in [6.45, 7) is 3.99. The molecule has 1 heterocycles. The Balaban J connectivity index is 1.83. The number of fused-ring (bicyclic) bond motifs is 1. The SMILES string of the molecule is CCCCC(OC(C)=O)c1ccccc1COc1cccc2cccnc12. The van der Waals surface area contributed by atoms with Gasteiger partial charge in [0, 0.05) is 18.5 Å². The number of hydrogen-bond acceptors (Lipinski definition) is 4. The zero-order valence-electron chi connectivity index (χ0n) is 15.9. The smallest absolute Gasteiger partial charge is 0.303 e. The fourth-order valence-electron chi connectivity index (χ4n) is 3.20. The average Bonchev–Trinajstić information content (AvgIpc) is 2.69. The van der Waals surface area contributed by atoms with E-state index in [9.17, 15) is 4.79 Å². The Hall–Kier alpha value is -2.88. The predicted molar refractivity (Wildman–Crippen MR) is 107 cm³/mol. The Labute approximate surface area is 160 Å². The Morgan fingerprint density at radius 2 is 1.89 bits per heavy atom. The number of carbonyl (C=O) groups is 1. The number of esters is 1. The number of unbranched alkanes of at least 4 members (excludes halogenated alkanes) is 1. The highest BCUT2D eigenvalue weighted by molar-refractivity contribution is 5.84. The first-order valence-electron chi connectivity index (χ1n) is 9.40. The van der Waals surface area contributed by atoms with Gasteiger partial charge < -0.3 is 9.47 Å². The maximum Gasteiger partial charge on any atom is 0.303 e. The monoisotopic (exact) mass is 363 g/mol. The van der Waals surface area contributed by atoms with E-state index in [-0.39, 0.29) is 12.1 Å². The standard InChI is InChI=1S/C23H25NO3/c1-3-4-13-21(27-17(2)25)20-12-6-5-9-19(20)16-26-22-14-7-10-18-11-8-15-24-23(18)22/h5-12,14-15,21H,3-4,13,16H2,1-2H3. The molecule has 27 heavy (non-hydrogen) atoms. The first-order valence-corrected chi connectivity index (χ1v) is 9.40. The molecule has 0 radical (unpaired) electrons. The molecule has 0 spiro atoms. The van der Waals surface area contributed by atoms with Crippen LogP contribution < -0.4 is 4.74 Å². The molecule has 0 amide bonds. The Morgan fingerprint density at radius 1 is 1.07 bits per heavy atom. The molecule has 3 rings (SSSR count). The molecule has 4 nitrogen and oxygen atoms in total. The molecule has 0 N–H and O–H groups in total. The zero-order valence-corrected chi connectivity index (χ0v) is 15.9. The minimum atomic E-state index is -0.259.